The molecule has 3 aromatic rings. The second-order valence-electron chi connectivity index (χ2n) is 6.41. The van der Waals surface area contributed by atoms with Crippen molar-refractivity contribution in [2.45, 2.75) is 6.61 Å². The summed E-state index contributed by atoms with van der Waals surface area (Å²) in [5.74, 6) is 1.09. The topological polar surface area (TPSA) is 51.7 Å². The summed E-state index contributed by atoms with van der Waals surface area (Å²) in [7, 11) is 1.59. The van der Waals surface area contributed by atoms with Gasteiger partial charge in [-0.3, -0.25) is 14.7 Å². The molecule has 0 saturated carbocycles. The Bertz CT molecular complexity index is 1100. The van der Waals surface area contributed by atoms with Crippen molar-refractivity contribution >= 4 is 46.0 Å². The molecule has 0 spiro atoms. The number of thioether (sulfide) groups is 1. The van der Waals surface area contributed by atoms with Crippen LogP contribution >= 0.6 is 24.0 Å². The van der Waals surface area contributed by atoms with Crippen LogP contribution in [-0.4, -0.2) is 22.3 Å². The van der Waals surface area contributed by atoms with E-state index in [0.29, 0.717) is 27.3 Å². The maximum atomic E-state index is 12.9. The van der Waals surface area contributed by atoms with Gasteiger partial charge < -0.3 is 9.47 Å². The second kappa shape index (κ2) is 9.11. The van der Waals surface area contributed by atoms with Crippen LogP contribution in [0.2, 0.25) is 0 Å². The van der Waals surface area contributed by atoms with Crippen LogP contribution in [0.25, 0.3) is 6.08 Å². The predicted octanol–water partition coefficient (Wildman–Crippen LogP) is 5.08. The Morgan fingerprint density at radius 2 is 1.83 bits per heavy atom. The Balaban J connectivity index is 1.53. The van der Waals surface area contributed by atoms with Crippen LogP contribution in [0, 0.1) is 0 Å². The minimum Gasteiger partial charge on any atom is -0.493 e. The number of methoxy groups -OCH3 is 1. The number of para-hydroxylation sites is 1. The molecule has 2 heterocycles. The predicted molar refractivity (Wildman–Crippen MR) is 124 cm³/mol. The Hall–Kier alpha value is -3.16. The smallest absolute Gasteiger partial charge is 0.270 e. The van der Waals surface area contributed by atoms with Gasteiger partial charge in [-0.15, -0.1) is 0 Å². The van der Waals surface area contributed by atoms with Gasteiger partial charge in [0.2, 0.25) is 0 Å². The first-order chi connectivity index (χ1) is 14.7. The van der Waals surface area contributed by atoms with Gasteiger partial charge in [0.25, 0.3) is 5.91 Å². The Morgan fingerprint density at radius 1 is 1.07 bits per heavy atom. The van der Waals surface area contributed by atoms with Gasteiger partial charge in [-0.05, 0) is 53.6 Å². The van der Waals surface area contributed by atoms with Crippen LogP contribution in [0.5, 0.6) is 11.5 Å². The third-order valence-corrected chi connectivity index (χ3v) is 5.74. The summed E-state index contributed by atoms with van der Waals surface area (Å²) in [5.41, 5.74) is 2.61. The van der Waals surface area contributed by atoms with Gasteiger partial charge in [-0.25, -0.2) is 0 Å². The number of pyridine rings is 1. The van der Waals surface area contributed by atoms with E-state index in [1.807, 2.05) is 66.7 Å². The van der Waals surface area contributed by atoms with Gasteiger partial charge in [0, 0.05) is 12.4 Å². The lowest BCUT2D eigenvalue weighted by Crippen LogP contribution is -2.27. The van der Waals surface area contributed by atoms with E-state index in [4.69, 9.17) is 21.7 Å². The normalized spacial score (nSPS) is 15.0. The quantitative estimate of drug-likeness (QED) is 0.399. The van der Waals surface area contributed by atoms with Crippen molar-refractivity contribution in [3.05, 3.63) is 89.1 Å². The number of hydrogen-bond donors (Lipinski definition) is 0. The first kappa shape index (κ1) is 20.1. The Morgan fingerprint density at radius 3 is 2.57 bits per heavy atom. The fourth-order valence-corrected chi connectivity index (χ4v) is 4.25. The molecular weight excluding hydrogens is 416 g/mol. The van der Waals surface area contributed by atoms with Crippen molar-refractivity contribution in [2.75, 3.05) is 12.0 Å². The third-order valence-electron chi connectivity index (χ3n) is 4.44. The molecule has 1 fully saturated rings. The molecule has 30 heavy (non-hydrogen) atoms. The Kier molecular flexibility index (Phi) is 6.11. The number of hydrogen-bond acceptors (Lipinski definition) is 6. The monoisotopic (exact) mass is 434 g/mol. The number of benzene rings is 2. The number of carbonyl (C=O) groups excluding carboxylic acids is 1. The largest absolute Gasteiger partial charge is 0.493 e. The molecule has 1 amide bonds. The van der Waals surface area contributed by atoms with E-state index in [2.05, 4.69) is 4.98 Å². The zero-order valence-electron chi connectivity index (χ0n) is 16.1. The third kappa shape index (κ3) is 4.37. The van der Waals surface area contributed by atoms with Crippen molar-refractivity contribution in [1.82, 2.24) is 4.98 Å². The van der Waals surface area contributed by atoms with Gasteiger partial charge in [0.1, 0.15) is 6.61 Å². The lowest BCUT2D eigenvalue weighted by Gasteiger charge is -2.14. The fourth-order valence-electron chi connectivity index (χ4n) is 2.95. The molecule has 1 aromatic heterocycles. The minimum atomic E-state index is -0.131. The van der Waals surface area contributed by atoms with Crippen LogP contribution in [0.15, 0.2) is 78.0 Å². The lowest BCUT2D eigenvalue weighted by molar-refractivity contribution is -0.113. The molecule has 2 aromatic carbocycles. The summed E-state index contributed by atoms with van der Waals surface area (Å²) < 4.78 is 11.9. The van der Waals surface area contributed by atoms with Crippen LogP contribution in [0.3, 0.4) is 0 Å². The summed E-state index contributed by atoms with van der Waals surface area (Å²) in [4.78, 5) is 19.0. The number of ether oxygens (including phenoxy) is 2. The number of amides is 1. The number of carbonyl (C=O) groups is 1. The van der Waals surface area contributed by atoms with Gasteiger partial charge in [0.05, 0.1) is 17.7 Å². The molecule has 1 aliphatic heterocycles. The average molecular weight is 435 g/mol. The molecule has 1 aliphatic rings. The van der Waals surface area contributed by atoms with Crippen molar-refractivity contribution < 1.29 is 14.3 Å². The highest BCUT2D eigenvalue weighted by atomic mass is 32.2. The second-order valence-corrected chi connectivity index (χ2v) is 8.08. The van der Waals surface area contributed by atoms with Crippen LogP contribution in [0.4, 0.5) is 5.69 Å². The van der Waals surface area contributed by atoms with Gasteiger partial charge in [-0.2, -0.15) is 0 Å². The zero-order valence-corrected chi connectivity index (χ0v) is 17.8. The van der Waals surface area contributed by atoms with Crippen molar-refractivity contribution in [3.63, 3.8) is 0 Å². The summed E-state index contributed by atoms with van der Waals surface area (Å²) in [6.07, 6.45) is 5.27. The molecule has 1 saturated heterocycles. The number of aromatic nitrogens is 1. The molecule has 4 rings (SSSR count). The summed E-state index contributed by atoms with van der Waals surface area (Å²) in [6, 6.07) is 18.8. The first-order valence-corrected chi connectivity index (χ1v) is 10.4. The number of thiocarbonyl (C=S) groups is 1. The molecule has 0 radical (unpaired) electrons. The molecular formula is C23H18N2O3S2. The average Bonchev–Trinajstić information content (AvgIpc) is 3.06. The number of rotatable bonds is 6. The molecule has 7 heteroatoms. The number of nitrogens with zero attached hydrogens (tertiary/aromatic N) is 2. The molecule has 0 unspecified atom stereocenters. The minimum absolute atomic E-state index is 0.131. The number of anilines is 1. The van der Waals surface area contributed by atoms with Gasteiger partial charge in [0.15, 0.2) is 15.8 Å². The van der Waals surface area contributed by atoms with E-state index in [-0.39, 0.29) is 5.91 Å². The molecule has 0 N–H and O–H groups in total. The molecule has 5 nitrogen and oxygen atoms in total. The van der Waals surface area contributed by atoms with Gasteiger partial charge in [-0.1, -0.05) is 48.2 Å². The highest BCUT2D eigenvalue weighted by Crippen LogP contribution is 2.37. The maximum Gasteiger partial charge on any atom is 0.270 e. The Labute approximate surface area is 184 Å². The van der Waals surface area contributed by atoms with E-state index in [0.717, 1.165) is 16.8 Å². The maximum absolute atomic E-state index is 12.9. The molecule has 0 atom stereocenters. The molecule has 0 aliphatic carbocycles. The van der Waals surface area contributed by atoms with E-state index in [1.165, 1.54) is 11.8 Å². The fraction of sp³-hybridized carbons (Fsp3) is 0.0870. The zero-order chi connectivity index (χ0) is 20.9. The SMILES string of the molecule is COc1cc(C=C2SC(=S)N(c3ccccc3)C2=O)ccc1OCc1ccncc1. The van der Waals surface area contributed by atoms with Crippen LogP contribution in [0.1, 0.15) is 11.1 Å². The summed E-state index contributed by atoms with van der Waals surface area (Å²) >= 11 is 6.71. The summed E-state index contributed by atoms with van der Waals surface area (Å²) in [6.45, 7) is 0.411. The molecule has 0 bridgehead atoms. The first-order valence-electron chi connectivity index (χ1n) is 9.18. The van der Waals surface area contributed by atoms with E-state index in [1.54, 1.807) is 24.4 Å². The van der Waals surface area contributed by atoms with Crippen LogP contribution in [-0.2, 0) is 11.4 Å². The van der Waals surface area contributed by atoms with Crippen molar-refractivity contribution in [3.8, 4) is 11.5 Å². The standard InChI is InChI=1S/C23H18N2O3S2/c1-27-20-13-17(7-8-19(20)28-15-16-9-11-24-12-10-16)14-21-22(26)25(23(29)30-21)18-5-3-2-4-6-18/h2-14H,15H2,1H3. The highest BCUT2D eigenvalue weighted by Gasteiger charge is 2.33. The van der Waals surface area contributed by atoms with Crippen LogP contribution < -0.4 is 14.4 Å². The van der Waals surface area contributed by atoms with E-state index < -0.39 is 0 Å². The van der Waals surface area contributed by atoms with Gasteiger partial charge >= 0.3 is 0 Å². The molecule has 150 valence electrons. The van der Waals surface area contributed by atoms with E-state index >= 15 is 0 Å². The highest BCUT2D eigenvalue weighted by molar-refractivity contribution is 8.27. The van der Waals surface area contributed by atoms with Crippen molar-refractivity contribution in [1.29, 1.82) is 0 Å². The van der Waals surface area contributed by atoms with Crippen molar-refractivity contribution in [2.24, 2.45) is 0 Å². The summed E-state index contributed by atoms with van der Waals surface area (Å²) in [5, 5.41) is 0. The lowest BCUT2D eigenvalue weighted by atomic mass is 10.1. The van der Waals surface area contributed by atoms with E-state index in [9.17, 15) is 4.79 Å².